The number of hydrogen-bond donors (Lipinski definition) is 2. The minimum Gasteiger partial charge on any atom is -0.477 e. The van der Waals surface area contributed by atoms with Crippen LogP contribution in [-0.2, 0) is 0 Å². The van der Waals surface area contributed by atoms with Crippen molar-refractivity contribution in [2.45, 2.75) is 88.0 Å². The van der Waals surface area contributed by atoms with Crippen molar-refractivity contribution in [2.24, 2.45) is 17.3 Å². The minimum atomic E-state index is -4.14. The molecule has 1 aromatic rings. The zero-order chi connectivity index (χ0) is 28.0. The first-order valence-corrected chi connectivity index (χ1v) is 16.2. The fourth-order valence-electron chi connectivity index (χ4n) is 7.57. The molecule has 6 rings (SSSR count). The van der Waals surface area contributed by atoms with Crippen LogP contribution in [0.4, 0.5) is 13.2 Å². The minimum absolute atomic E-state index is 0.00251. The number of likely N-dealkylation sites (tertiary alicyclic amines) is 1. The second kappa shape index (κ2) is 11.6. The smallest absolute Gasteiger partial charge is 0.394 e. The van der Waals surface area contributed by atoms with E-state index in [1.54, 1.807) is 6.07 Å². The lowest BCUT2D eigenvalue weighted by molar-refractivity contribution is -0.190. The zero-order valence-electron chi connectivity index (χ0n) is 24.0. The summed E-state index contributed by atoms with van der Waals surface area (Å²) >= 11 is 1.89. The van der Waals surface area contributed by atoms with Crippen LogP contribution in [0.25, 0.3) is 0 Å². The Hall–Kier alpha value is -1.05. The van der Waals surface area contributed by atoms with Crippen molar-refractivity contribution in [3.8, 4) is 5.88 Å². The predicted octanol–water partition coefficient (Wildman–Crippen LogP) is 4.48. The highest BCUT2D eigenvalue weighted by atomic mass is 32.2. The molecule has 12 heteroatoms. The van der Waals surface area contributed by atoms with Crippen molar-refractivity contribution in [1.29, 1.82) is 0 Å². The third-order valence-electron chi connectivity index (χ3n) is 10.6. The first-order valence-electron chi connectivity index (χ1n) is 15.3. The van der Waals surface area contributed by atoms with Crippen LogP contribution in [0.5, 0.6) is 5.88 Å². The molecule has 7 atom stereocenters. The van der Waals surface area contributed by atoms with E-state index >= 15 is 0 Å². The van der Waals surface area contributed by atoms with Gasteiger partial charge in [0.05, 0.1) is 17.7 Å². The number of aromatic nitrogens is 2. The quantitative estimate of drug-likeness (QED) is 0.491. The SMILES string of the molecule is CN1C(n2ccc(OCCC3(C(F)(F)F)CC3)n2)CCC2CNSC3CNN(CCCCC4CCN(C4)C21C)C3. The van der Waals surface area contributed by atoms with Crippen molar-refractivity contribution in [2.75, 3.05) is 52.9 Å². The molecule has 5 heterocycles. The van der Waals surface area contributed by atoms with Gasteiger partial charge in [0.1, 0.15) is 6.17 Å². The Morgan fingerprint density at radius 3 is 2.75 bits per heavy atom. The summed E-state index contributed by atoms with van der Waals surface area (Å²) < 4.78 is 51.3. The number of rotatable bonds is 5. The van der Waals surface area contributed by atoms with Gasteiger partial charge in [-0.2, -0.15) is 13.2 Å². The summed E-state index contributed by atoms with van der Waals surface area (Å²) in [7, 11) is 2.23. The summed E-state index contributed by atoms with van der Waals surface area (Å²) in [6, 6.07) is 1.80. The van der Waals surface area contributed by atoms with Crippen molar-refractivity contribution >= 4 is 11.9 Å². The Kier molecular flexibility index (Phi) is 8.39. The Morgan fingerprint density at radius 1 is 1.10 bits per heavy atom. The highest BCUT2D eigenvalue weighted by Crippen LogP contribution is 2.59. The number of halogens is 3. The Bertz CT molecular complexity index is 1010. The third kappa shape index (κ3) is 5.77. The average Bonchev–Trinajstić information content (AvgIpc) is 3.25. The molecule has 226 valence electrons. The Balaban J connectivity index is 1.13. The molecular weight excluding hydrogens is 539 g/mol. The van der Waals surface area contributed by atoms with Crippen molar-refractivity contribution in [3.63, 3.8) is 0 Å². The number of ether oxygens (including phenoxy) is 1. The van der Waals surface area contributed by atoms with E-state index in [1.165, 1.54) is 25.7 Å². The van der Waals surface area contributed by atoms with E-state index in [9.17, 15) is 13.2 Å². The summed E-state index contributed by atoms with van der Waals surface area (Å²) in [5.74, 6) is 1.63. The Morgan fingerprint density at radius 2 is 1.95 bits per heavy atom. The van der Waals surface area contributed by atoms with Gasteiger partial charge < -0.3 is 4.74 Å². The summed E-state index contributed by atoms with van der Waals surface area (Å²) in [5.41, 5.74) is 1.92. The maximum atomic E-state index is 13.3. The molecule has 5 aliphatic rings. The van der Waals surface area contributed by atoms with Gasteiger partial charge in [0.15, 0.2) is 0 Å². The second-order valence-electron chi connectivity index (χ2n) is 13.0. The molecule has 2 N–H and O–H groups in total. The van der Waals surface area contributed by atoms with Gasteiger partial charge in [0.2, 0.25) is 5.88 Å². The molecule has 1 aromatic heterocycles. The standard InChI is InChI=1S/C28H46F3N7OS/c1-26-22(17-33-40-23-18-32-37(20-23)13-4-3-5-21-8-14-36(26)19-21)6-7-25(35(26)2)38-15-9-24(34-38)39-16-12-27(10-11-27)28(29,30)31/h9,15,21-23,25,32-33H,3-8,10-14,16-20H2,1-2H3. The Labute approximate surface area is 240 Å². The highest BCUT2D eigenvalue weighted by molar-refractivity contribution is 7.98. The molecule has 4 aliphatic heterocycles. The number of hydrazine groups is 1. The summed E-state index contributed by atoms with van der Waals surface area (Å²) in [5, 5.41) is 7.67. The first kappa shape index (κ1) is 29.0. The van der Waals surface area contributed by atoms with Gasteiger partial charge in [0, 0.05) is 62.7 Å². The number of piperidine rings is 1. The summed E-state index contributed by atoms with van der Waals surface area (Å²) in [6.07, 6.45) is 5.42. The number of hydrogen-bond acceptors (Lipinski definition) is 8. The second-order valence-corrected chi connectivity index (χ2v) is 14.2. The van der Waals surface area contributed by atoms with E-state index in [4.69, 9.17) is 9.84 Å². The van der Waals surface area contributed by atoms with Crippen LogP contribution in [0.3, 0.4) is 0 Å². The van der Waals surface area contributed by atoms with E-state index in [1.807, 2.05) is 22.8 Å². The van der Waals surface area contributed by atoms with E-state index < -0.39 is 11.6 Å². The van der Waals surface area contributed by atoms with Crippen molar-refractivity contribution in [3.05, 3.63) is 12.3 Å². The molecule has 1 aliphatic carbocycles. The predicted molar refractivity (Wildman–Crippen MR) is 150 cm³/mol. The van der Waals surface area contributed by atoms with Crippen LogP contribution in [0.15, 0.2) is 12.3 Å². The first-order chi connectivity index (χ1) is 19.2. The fraction of sp³-hybridized carbons (Fsp3) is 0.893. The van der Waals surface area contributed by atoms with Crippen LogP contribution >= 0.6 is 11.9 Å². The van der Waals surface area contributed by atoms with E-state index in [0.29, 0.717) is 17.0 Å². The fourth-order valence-corrected chi connectivity index (χ4v) is 8.52. The van der Waals surface area contributed by atoms with Crippen LogP contribution in [0.2, 0.25) is 0 Å². The lowest BCUT2D eigenvalue weighted by Gasteiger charge is -2.56. The van der Waals surface area contributed by atoms with Gasteiger partial charge in [-0.15, -0.1) is 5.10 Å². The zero-order valence-corrected chi connectivity index (χ0v) is 24.8. The van der Waals surface area contributed by atoms with Gasteiger partial charge in [-0.25, -0.2) is 5.01 Å². The van der Waals surface area contributed by atoms with Gasteiger partial charge >= 0.3 is 6.18 Å². The summed E-state index contributed by atoms with van der Waals surface area (Å²) in [6.45, 7) is 8.94. The van der Waals surface area contributed by atoms with Crippen LogP contribution < -0.4 is 14.9 Å². The molecule has 1 saturated carbocycles. The lowest BCUT2D eigenvalue weighted by Crippen LogP contribution is -2.66. The van der Waals surface area contributed by atoms with E-state index in [-0.39, 0.29) is 37.7 Å². The van der Waals surface area contributed by atoms with Gasteiger partial charge in [-0.05, 0) is 71.3 Å². The van der Waals surface area contributed by atoms with Crippen molar-refractivity contribution in [1.82, 2.24) is 34.7 Å². The van der Waals surface area contributed by atoms with E-state index in [0.717, 1.165) is 58.0 Å². The van der Waals surface area contributed by atoms with Gasteiger partial charge in [0.25, 0.3) is 0 Å². The molecule has 5 fully saturated rings. The summed E-state index contributed by atoms with van der Waals surface area (Å²) in [4.78, 5) is 5.23. The lowest BCUT2D eigenvalue weighted by atomic mass is 9.82. The van der Waals surface area contributed by atoms with E-state index in [2.05, 4.69) is 38.9 Å². The molecule has 40 heavy (non-hydrogen) atoms. The molecule has 4 saturated heterocycles. The molecular formula is C28H46F3N7OS. The van der Waals surface area contributed by atoms with Crippen LogP contribution in [0, 0.1) is 17.3 Å². The molecule has 4 bridgehead atoms. The maximum absolute atomic E-state index is 13.3. The normalized spacial score (nSPS) is 38.8. The van der Waals surface area contributed by atoms with Crippen LogP contribution in [-0.4, -0.2) is 94.6 Å². The number of alkyl halides is 3. The molecule has 8 nitrogen and oxygen atoms in total. The van der Waals surface area contributed by atoms with Gasteiger partial charge in [-0.3, -0.25) is 24.6 Å². The molecule has 0 spiro atoms. The molecule has 0 aromatic carbocycles. The monoisotopic (exact) mass is 585 g/mol. The third-order valence-corrected chi connectivity index (χ3v) is 11.6. The molecule has 0 amide bonds. The maximum Gasteiger partial charge on any atom is 0.394 e. The largest absolute Gasteiger partial charge is 0.477 e. The van der Waals surface area contributed by atoms with Crippen LogP contribution in [0.1, 0.15) is 70.9 Å². The molecule has 7 unspecified atom stereocenters. The number of fused-ring (bicyclic) bond motifs is 6. The average molecular weight is 586 g/mol. The van der Waals surface area contributed by atoms with Gasteiger partial charge in [-0.1, -0.05) is 18.4 Å². The topological polar surface area (TPSA) is 60.8 Å². The molecule has 0 radical (unpaired) electrons. The highest BCUT2D eigenvalue weighted by Gasteiger charge is 2.62. The number of nitrogens with one attached hydrogen (secondary N) is 2. The van der Waals surface area contributed by atoms with Crippen molar-refractivity contribution < 1.29 is 17.9 Å². The number of nitrogens with zero attached hydrogens (tertiary/aromatic N) is 5.